The first-order valence-corrected chi connectivity index (χ1v) is 9.32. The summed E-state index contributed by atoms with van der Waals surface area (Å²) in [5.41, 5.74) is 0.988. The molecule has 2 rings (SSSR count). The summed E-state index contributed by atoms with van der Waals surface area (Å²) in [7, 11) is 0. The highest BCUT2D eigenvalue weighted by Crippen LogP contribution is 2.31. The average Bonchev–Trinajstić information content (AvgIpc) is 2.63. The molecular weight excluding hydrogens is 417 g/mol. The Balaban J connectivity index is 1.96. The number of ether oxygens (including phenoxy) is 2. The van der Waals surface area contributed by atoms with Crippen LogP contribution in [0.25, 0.3) is 0 Å². The molecular formula is C21H21F7O2. The molecule has 0 amide bonds. The van der Waals surface area contributed by atoms with Crippen LogP contribution in [0.4, 0.5) is 30.7 Å². The number of rotatable bonds is 10. The molecule has 0 aliphatic heterocycles. The maximum atomic E-state index is 14.0. The van der Waals surface area contributed by atoms with E-state index in [9.17, 15) is 30.7 Å². The largest absolute Gasteiger partial charge is 0.573 e. The smallest absolute Gasteiger partial charge is 0.399 e. The van der Waals surface area contributed by atoms with Crippen LogP contribution in [0.15, 0.2) is 36.4 Å². The van der Waals surface area contributed by atoms with Crippen molar-refractivity contribution in [3.63, 3.8) is 0 Å². The minimum Gasteiger partial charge on any atom is -0.399 e. The van der Waals surface area contributed by atoms with E-state index in [0.29, 0.717) is 17.7 Å². The first-order chi connectivity index (χ1) is 14.0. The van der Waals surface area contributed by atoms with E-state index in [-0.39, 0.29) is 0 Å². The molecule has 9 heteroatoms. The van der Waals surface area contributed by atoms with Gasteiger partial charge in [0.2, 0.25) is 5.75 Å². The minimum absolute atomic E-state index is 0.354. The van der Waals surface area contributed by atoms with Crippen molar-refractivity contribution in [3.05, 3.63) is 64.7 Å². The lowest BCUT2D eigenvalue weighted by Gasteiger charge is -2.18. The molecule has 2 aromatic rings. The zero-order chi connectivity index (χ0) is 22.4. The van der Waals surface area contributed by atoms with Crippen LogP contribution < -0.4 is 4.74 Å². The standard InChI is InChI=1S/C21H21F7O2/c1-2-3-4-5-14-6-8-15(9-7-14)13-29-20(24,25)12-16-10-17(22)19(18(23)11-16)30-21(26,27)28/h6-11H,2-5,12-13H2,1H3. The van der Waals surface area contributed by atoms with E-state index < -0.39 is 48.4 Å². The number of unbranched alkanes of at least 4 members (excludes halogenated alkanes) is 2. The van der Waals surface area contributed by atoms with Gasteiger partial charge in [-0.15, -0.1) is 13.2 Å². The lowest BCUT2D eigenvalue weighted by molar-refractivity contribution is -0.276. The van der Waals surface area contributed by atoms with Crippen LogP contribution in [0.2, 0.25) is 0 Å². The van der Waals surface area contributed by atoms with Crippen LogP contribution in [0.3, 0.4) is 0 Å². The van der Waals surface area contributed by atoms with Gasteiger partial charge in [-0.25, -0.2) is 8.78 Å². The second kappa shape index (κ2) is 10.1. The van der Waals surface area contributed by atoms with Crippen molar-refractivity contribution in [1.82, 2.24) is 0 Å². The SMILES string of the molecule is CCCCCc1ccc(COC(F)(F)Cc2cc(F)c(OC(F)(F)F)c(F)c2)cc1. The molecule has 0 aromatic heterocycles. The molecule has 0 atom stereocenters. The van der Waals surface area contributed by atoms with Crippen molar-refractivity contribution in [3.8, 4) is 5.75 Å². The predicted octanol–water partition coefficient (Wildman–Crippen LogP) is 6.95. The summed E-state index contributed by atoms with van der Waals surface area (Å²) in [6.07, 6.45) is -6.22. The molecule has 0 radical (unpaired) electrons. The monoisotopic (exact) mass is 438 g/mol. The third-order valence-corrected chi connectivity index (χ3v) is 4.23. The fraction of sp³-hybridized carbons (Fsp3) is 0.429. The molecule has 0 saturated carbocycles. The van der Waals surface area contributed by atoms with Crippen LogP contribution in [0.1, 0.15) is 42.9 Å². The van der Waals surface area contributed by atoms with E-state index >= 15 is 0 Å². The summed E-state index contributed by atoms with van der Waals surface area (Å²) in [6.45, 7) is 1.65. The molecule has 30 heavy (non-hydrogen) atoms. The average molecular weight is 438 g/mol. The van der Waals surface area contributed by atoms with Gasteiger partial charge in [-0.2, -0.15) is 8.78 Å². The molecule has 0 saturated heterocycles. The predicted molar refractivity (Wildman–Crippen MR) is 96.2 cm³/mol. The van der Waals surface area contributed by atoms with Crippen LogP contribution >= 0.6 is 0 Å². The quantitative estimate of drug-likeness (QED) is 0.295. The van der Waals surface area contributed by atoms with Gasteiger partial charge in [-0.1, -0.05) is 44.0 Å². The Bertz CT molecular complexity index is 794. The van der Waals surface area contributed by atoms with E-state index in [1.165, 1.54) is 0 Å². The number of hydrogen-bond donors (Lipinski definition) is 0. The summed E-state index contributed by atoms with van der Waals surface area (Å²) in [5.74, 6) is -5.18. The van der Waals surface area contributed by atoms with Gasteiger partial charge in [0.15, 0.2) is 11.6 Å². The van der Waals surface area contributed by atoms with E-state index in [1.54, 1.807) is 12.1 Å². The second-order valence-corrected chi connectivity index (χ2v) is 6.81. The molecule has 2 nitrogen and oxygen atoms in total. The molecule has 0 heterocycles. The van der Waals surface area contributed by atoms with Gasteiger partial charge in [0, 0.05) is 0 Å². The Kier molecular flexibility index (Phi) is 8.11. The molecule has 0 spiro atoms. The van der Waals surface area contributed by atoms with Crippen LogP contribution in [-0.4, -0.2) is 12.5 Å². The summed E-state index contributed by atoms with van der Waals surface area (Å²) in [6, 6.07) is 7.65. The number of halogens is 7. The van der Waals surface area contributed by atoms with Crippen LogP contribution in [-0.2, 0) is 24.2 Å². The molecule has 0 bridgehead atoms. The first-order valence-electron chi connectivity index (χ1n) is 9.32. The van der Waals surface area contributed by atoms with E-state index in [1.807, 2.05) is 12.1 Å². The van der Waals surface area contributed by atoms with E-state index in [2.05, 4.69) is 16.4 Å². The zero-order valence-electron chi connectivity index (χ0n) is 16.2. The topological polar surface area (TPSA) is 18.5 Å². The highest BCUT2D eigenvalue weighted by molar-refractivity contribution is 5.32. The van der Waals surface area contributed by atoms with Crippen molar-refractivity contribution < 1.29 is 40.2 Å². The maximum absolute atomic E-state index is 14.0. The second-order valence-electron chi connectivity index (χ2n) is 6.81. The lowest BCUT2D eigenvalue weighted by Crippen LogP contribution is -2.24. The summed E-state index contributed by atoms with van der Waals surface area (Å²) in [5, 5.41) is 0. The highest BCUT2D eigenvalue weighted by Gasteiger charge is 2.35. The fourth-order valence-electron chi connectivity index (χ4n) is 2.79. The normalized spacial score (nSPS) is 12.3. The van der Waals surface area contributed by atoms with Crippen molar-refractivity contribution >= 4 is 0 Å². The van der Waals surface area contributed by atoms with Gasteiger partial charge in [0.25, 0.3) is 0 Å². The number of alkyl halides is 5. The third-order valence-electron chi connectivity index (χ3n) is 4.23. The Hall–Kier alpha value is -2.29. The maximum Gasteiger partial charge on any atom is 0.573 e. The van der Waals surface area contributed by atoms with Crippen molar-refractivity contribution in [1.29, 1.82) is 0 Å². The summed E-state index contributed by atoms with van der Waals surface area (Å²) < 4.78 is 99.6. The van der Waals surface area contributed by atoms with Crippen LogP contribution in [0, 0.1) is 11.6 Å². The van der Waals surface area contributed by atoms with Crippen LogP contribution in [0.5, 0.6) is 5.75 Å². The number of aryl methyl sites for hydroxylation is 1. The minimum atomic E-state index is -5.32. The molecule has 0 fully saturated rings. The molecule has 166 valence electrons. The Labute approximate surface area is 169 Å². The molecule has 0 aliphatic rings. The molecule has 2 aromatic carbocycles. The van der Waals surface area contributed by atoms with Crippen molar-refractivity contribution in [2.24, 2.45) is 0 Å². The van der Waals surface area contributed by atoms with Crippen molar-refractivity contribution in [2.45, 2.75) is 58.1 Å². The van der Waals surface area contributed by atoms with Gasteiger partial charge >= 0.3 is 12.5 Å². The Morgan fingerprint density at radius 2 is 1.37 bits per heavy atom. The first kappa shape index (κ1) is 24.0. The zero-order valence-corrected chi connectivity index (χ0v) is 16.2. The van der Waals surface area contributed by atoms with E-state index in [4.69, 9.17) is 0 Å². The van der Waals surface area contributed by atoms with Crippen molar-refractivity contribution in [2.75, 3.05) is 0 Å². The van der Waals surface area contributed by atoms with Gasteiger partial charge in [0.05, 0.1) is 13.0 Å². The molecule has 0 N–H and O–H groups in total. The Morgan fingerprint density at radius 3 is 1.90 bits per heavy atom. The fourth-order valence-corrected chi connectivity index (χ4v) is 2.79. The summed E-state index contributed by atoms with van der Waals surface area (Å²) in [4.78, 5) is 0. The van der Waals surface area contributed by atoms with Gasteiger partial charge in [0.1, 0.15) is 0 Å². The number of benzene rings is 2. The third kappa shape index (κ3) is 7.85. The lowest BCUT2D eigenvalue weighted by atomic mass is 10.1. The number of hydrogen-bond acceptors (Lipinski definition) is 2. The van der Waals surface area contributed by atoms with Gasteiger partial charge in [-0.05, 0) is 41.7 Å². The Morgan fingerprint density at radius 1 is 0.800 bits per heavy atom. The highest BCUT2D eigenvalue weighted by atomic mass is 19.4. The molecule has 0 aliphatic carbocycles. The summed E-state index contributed by atoms with van der Waals surface area (Å²) >= 11 is 0. The van der Waals surface area contributed by atoms with Gasteiger partial charge < -0.3 is 9.47 Å². The molecule has 0 unspecified atom stereocenters. The van der Waals surface area contributed by atoms with Gasteiger partial charge in [-0.3, -0.25) is 0 Å². The van der Waals surface area contributed by atoms with E-state index in [0.717, 1.165) is 31.2 Å².